The number of alkyl halides is 3. The lowest BCUT2D eigenvalue weighted by atomic mass is 10.0. The third-order valence-electron chi connectivity index (χ3n) is 6.39. The molecule has 1 saturated heterocycles. The van der Waals surface area contributed by atoms with E-state index in [2.05, 4.69) is 25.1 Å². The number of carbonyl (C=O) groups excluding carboxylic acids is 1. The van der Waals surface area contributed by atoms with Crippen LogP contribution in [0.3, 0.4) is 0 Å². The first-order valence-corrected chi connectivity index (χ1v) is 11.6. The highest BCUT2D eigenvalue weighted by Crippen LogP contribution is 2.29. The number of halogens is 3. The fourth-order valence-electron chi connectivity index (χ4n) is 4.35. The molecule has 0 saturated carbocycles. The molecule has 0 unspecified atom stereocenters. The summed E-state index contributed by atoms with van der Waals surface area (Å²) in [6.45, 7) is 2.36. The molecule has 37 heavy (non-hydrogen) atoms. The van der Waals surface area contributed by atoms with Crippen molar-refractivity contribution in [2.45, 2.75) is 31.7 Å². The second-order valence-electron chi connectivity index (χ2n) is 9.00. The van der Waals surface area contributed by atoms with E-state index in [0.29, 0.717) is 22.5 Å². The van der Waals surface area contributed by atoms with Gasteiger partial charge in [-0.25, -0.2) is 15.8 Å². The van der Waals surface area contributed by atoms with E-state index in [9.17, 15) is 23.1 Å². The molecule has 0 spiro atoms. The number of benzene rings is 1. The normalized spacial score (nSPS) is 15.3. The van der Waals surface area contributed by atoms with Gasteiger partial charge in [-0.2, -0.15) is 18.3 Å². The number of carbonyl (C=O) groups is 1. The van der Waals surface area contributed by atoms with Gasteiger partial charge >= 0.3 is 6.18 Å². The number of aliphatic hydroxyl groups is 1. The molecule has 1 aliphatic rings. The number of nitrogens with two attached hydrogens (primary N) is 1. The van der Waals surface area contributed by atoms with E-state index in [4.69, 9.17) is 5.84 Å². The fourth-order valence-corrected chi connectivity index (χ4v) is 4.35. The number of nitrogens with zero attached hydrogens (tertiary/aromatic N) is 5. The number of fused-ring (bicyclic) bond motifs is 1. The maximum Gasteiger partial charge on any atom is 0.433 e. The minimum absolute atomic E-state index is 0.00700. The summed E-state index contributed by atoms with van der Waals surface area (Å²) >= 11 is 0. The highest BCUT2D eigenvalue weighted by molar-refractivity contribution is 6.12. The number of pyridine rings is 2. The van der Waals surface area contributed by atoms with E-state index in [0.717, 1.165) is 61.0 Å². The molecule has 0 radical (unpaired) electrons. The number of H-pyrrole nitrogens is 1. The van der Waals surface area contributed by atoms with Crippen molar-refractivity contribution in [2.24, 2.45) is 5.84 Å². The quantitative estimate of drug-likeness (QED) is 0.213. The number of hydrogen-bond acceptors (Lipinski definition) is 7. The summed E-state index contributed by atoms with van der Waals surface area (Å²) in [4.78, 5) is 23.1. The highest BCUT2D eigenvalue weighted by Gasteiger charge is 2.32. The van der Waals surface area contributed by atoms with E-state index in [1.54, 1.807) is 18.3 Å². The Morgan fingerprint density at radius 1 is 1.11 bits per heavy atom. The Morgan fingerprint density at radius 3 is 2.59 bits per heavy atom. The van der Waals surface area contributed by atoms with Crippen molar-refractivity contribution in [1.29, 1.82) is 0 Å². The minimum Gasteiger partial charge on any atom is -0.393 e. The molecule has 1 fully saturated rings. The number of nitrogens with one attached hydrogen (secondary N) is 1. The van der Waals surface area contributed by atoms with Crippen LogP contribution < -0.4 is 10.9 Å². The van der Waals surface area contributed by atoms with E-state index in [1.807, 2.05) is 18.3 Å². The summed E-state index contributed by atoms with van der Waals surface area (Å²) in [5.41, 5.74) is 2.23. The van der Waals surface area contributed by atoms with Crippen molar-refractivity contribution in [3.63, 3.8) is 0 Å². The Hall–Kier alpha value is -3.87. The fraction of sp³-hybridized carbons (Fsp3) is 0.280. The summed E-state index contributed by atoms with van der Waals surface area (Å²) in [6, 6.07) is 9.33. The van der Waals surface area contributed by atoms with Crippen LogP contribution in [-0.4, -0.2) is 55.3 Å². The topological polar surface area (TPSA) is 124 Å². The number of aromatic amines is 1. The number of aromatic nitrogens is 4. The lowest BCUT2D eigenvalue weighted by Crippen LogP contribution is -2.38. The van der Waals surface area contributed by atoms with Gasteiger partial charge in [-0.1, -0.05) is 6.07 Å². The number of likely N-dealkylation sites (tertiary alicyclic amines) is 1. The summed E-state index contributed by atoms with van der Waals surface area (Å²) in [5, 5.41) is 17.8. The van der Waals surface area contributed by atoms with Crippen LogP contribution in [0.2, 0.25) is 0 Å². The second-order valence-corrected chi connectivity index (χ2v) is 9.00. The zero-order valence-corrected chi connectivity index (χ0v) is 19.6. The van der Waals surface area contributed by atoms with E-state index < -0.39 is 17.8 Å². The van der Waals surface area contributed by atoms with Crippen molar-refractivity contribution in [3.05, 3.63) is 71.9 Å². The van der Waals surface area contributed by atoms with E-state index in [-0.39, 0.29) is 17.5 Å². The SMILES string of the molecule is NN(C(=O)c1n[nH]c2ccc(-c3cncc(CN4CCC(O)CC4)c3)cc12)c1ccc(C(F)(F)F)nc1. The van der Waals surface area contributed by atoms with Gasteiger partial charge in [0, 0.05) is 43.0 Å². The molecule has 4 N–H and O–H groups in total. The average molecular weight is 512 g/mol. The molecule has 0 atom stereocenters. The molecule has 0 bridgehead atoms. The smallest absolute Gasteiger partial charge is 0.393 e. The summed E-state index contributed by atoms with van der Waals surface area (Å²) < 4.78 is 38.4. The van der Waals surface area contributed by atoms with Crippen molar-refractivity contribution in [1.82, 2.24) is 25.1 Å². The van der Waals surface area contributed by atoms with Gasteiger partial charge < -0.3 is 5.11 Å². The van der Waals surface area contributed by atoms with Gasteiger partial charge in [-0.05, 0) is 54.3 Å². The third-order valence-corrected chi connectivity index (χ3v) is 6.39. The number of anilines is 1. The Balaban J connectivity index is 1.38. The average Bonchev–Trinajstić information content (AvgIpc) is 3.32. The van der Waals surface area contributed by atoms with E-state index in [1.165, 1.54) is 0 Å². The number of hydrogen-bond donors (Lipinski definition) is 3. The molecule has 1 amide bonds. The first-order valence-electron chi connectivity index (χ1n) is 11.6. The van der Waals surface area contributed by atoms with Gasteiger partial charge in [0.1, 0.15) is 5.69 Å². The molecule has 0 aliphatic carbocycles. The Labute approximate surface area is 209 Å². The monoisotopic (exact) mass is 511 g/mol. The number of aliphatic hydroxyl groups excluding tert-OH is 1. The minimum atomic E-state index is -4.60. The highest BCUT2D eigenvalue weighted by atomic mass is 19.4. The number of piperidine rings is 1. The molecule has 5 rings (SSSR count). The van der Waals surface area contributed by atoms with Crippen LogP contribution in [0.1, 0.15) is 34.6 Å². The number of hydrazine groups is 1. The maximum atomic E-state index is 13.1. The predicted octanol–water partition coefficient (Wildman–Crippen LogP) is 3.52. The van der Waals surface area contributed by atoms with Crippen molar-refractivity contribution in [3.8, 4) is 11.1 Å². The summed E-state index contributed by atoms with van der Waals surface area (Å²) in [6.07, 6.45) is 1.10. The molecule has 192 valence electrons. The number of amides is 1. The van der Waals surface area contributed by atoms with Crippen LogP contribution in [-0.2, 0) is 12.7 Å². The second kappa shape index (κ2) is 9.88. The van der Waals surface area contributed by atoms with Crippen LogP contribution in [0, 0.1) is 0 Å². The van der Waals surface area contributed by atoms with Gasteiger partial charge in [0.15, 0.2) is 5.69 Å². The van der Waals surface area contributed by atoms with E-state index >= 15 is 0 Å². The van der Waals surface area contributed by atoms with Crippen molar-refractivity contribution in [2.75, 3.05) is 18.1 Å². The standard InChI is InChI=1S/C25H24F3N7O2/c26-25(27,28)22-4-2-18(13-31-22)35(29)24(37)23-20-10-16(1-3-21(20)32-33-23)17-9-15(11-30-12-17)14-34-7-5-19(36)6-8-34/h1-4,9-13,19,36H,5-8,14,29H2,(H,32,33). The van der Waals surface area contributed by atoms with Crippen LogP contribution in [0.4, 0.5) is 18.9 Å². The van der Waals surface area contributed by atoms with Crippen LogP contribution >= 0.6 is 0 Å². The van der Waals surface area contributed by atoms with Gasteiger partial charge in [-0.15, -0.1) is 0 Å². The van der Waals surface area contributed by atoms with Gasteiger partial charge in [0.25, 0.3) is 5.91 Å². The Morgan fingerprint density at radius 2 is 1.89 bits per heavy atom. The Kier molecular flexibility index (Phi) is 6.63. The summed E-state index contributed by atoms with van der Waals surface area (Å²) in [5.74, 6) is 5.22. The Bertz CT molecular complexity index is 1410. The molecule has 9 nitrogen and oxygen atoms in total. The first-order chi connectivity index (χ1) is 17.7. The number of rotatable bonds is 5. The first kappa shape index (κ1) is 24.8. The molecule has 4 aromatic rings. The van der Waals surface area contributed by atoms with Gasteiger partial charge in [0.05, 0.1) is 23.5 Å². The molecular weight excluding hydrogens is 487 g/mol. The molecule has 3 aromatic heterocycles. The predicted molar refractivity (Wildman–Crippen MR) is 130 cm³/mol. The molecule has 12 heteroatoms. The lowest BCUT2D eigenvalue weighted by molar-refractivity contribution is -0.141. The zero-order valence-electron chi connectivity index (χ0n) is 19.6. The largest absolute Gasteiger partial charge is 0.433 e. The van der Waals surface area contributed by atoms with Gasteiger partial charge in [0.2, 0.25) is 0 Å². The van der Waals surface area contributed by atoms with Crippen molar-refractivity contribution < 1.29 is 23.1 Å². The maximum absolute atomic E-state index is 13.1. The molecule has 1 aromatic carbocycles. The van der Waals surface area contributed by atoms with Crippen molar-refractivity contribution >= 4 is 22.5 Å². The molecule has 1 aliphatic heterocycles. The van der Waals surface area contributed by atoms with Crippen LogP contribution in [0.15, 0.2) is 55.0 Å². The van der Waals surface area contributed by atoms with Crippen LogP contribution in [0.25, 0.3) is 22.0 Å². The summed E-state index contributed by atoms with van der Waals surface area (Å²) in [7, 11) is 0. The molecule has 4 heterocycles. The zero-order chi connectivity index (χ0) is 26.2. The lowest BCUT2D eigenvalue weighted by Gasteiger charge is -2.29. The van der Waals surface area contributed by atoms with Gasteiger partial charge in [-0.3, -0.25) is 19.8 Å². The third kappa shape index (κ3) is 5.31. The van der Waals surface area contributed by atoms with Crippen LogP contribution in [0.5, 0.6) is 0 Å². The molecular formula is C25H24F3N7O2.